The SMILES string of the molecule is CC(C)(O)COc1ccccc1N. The van der Waals surface area contributed by atoms with Crippen molar-refractivity contribution in [2.75, 3.05) is 12.3 Å². The third kappa shape index (κ3) is 3.34. The zero-order chi connectivity index (χ0) is 9.90. The molecule has 0 saturated heterocycles. The van der Waals surface area contributed by atoms with Gasteiger partial charge in [-0.25, -0.2) is 0 Å². The standard InChI is InChI=1S/C10H15NO2/c1-10(2,12)7-13-9-6-4-3-5-8(9)11/h3-6,12H,7,11H2,1-2H3. The smallest absolute Gasteiger partial charge is 0.142 e. The van der Waals surface area contributed by atoms with E-state index in [0.717, 1.165) is 0 Å². The summed E-state index contributed by atoms with van der Waals surface area (Å²) in [6.07, 6.45) is 0. The van der Waals surface area contributed by atoms with Crippen LogP contribution in [0.4, 0.5) is 5.69 Å². The summed E-state index contributed by atoms with van der Waals surface area (Å²) in [4.78, 5) is 0. The molecule has 0 aliphatic rings. The van der Waals surface area contributed by atoms with E-state index in [1.807, 2.05) is 12.1 Å². The Morgan fingerprint density at radius 2 is 2.00 bits per heavy atom. The first-order valence-electron chi connectivity index (χ1n) is 4.19. The molecule has 0 amide bonds. The van der Waals surface area contributed by atoms with Crippen LogP contribution in [0.25, 0.3) is 0 Å². The minimum atomic E-state index is -0.831. The molecule has 1 rings (SSSR count). The summed E-state index contributed by atoms with van der Waals surface area (Å²) in [5.41, 5.74) is 5.40. The quantitative estimate of drug-likeness (QED) is 0.693. The fourth-order valence-corrected chi connectivity index (χ4v) is 0.866. The predicted molar refractivity (Wildman–Crippen MR) is 52.6 cm³/mol. The average molecular weight is 181 g/mol. The molecule has 0 radical (unpaired) electrons. The molecular weight excluding hydrogens is 166 g/mol. The van der Waals surface area contributed by atoms with Gasteiger partial charge in [-0.3, -0.25) is 0 Å². The van der Waals surface area contributed by atoms with Gasteiger partial charge in [0, 0.05) is 0 Å². The fourth-order valence-electron chi connectivity index (χ4n) is 0.866. The molecule has 72 valence electrons. The van der Waals surface area contributed by atoms with E-state index in [1.54, 1.807) is 26.0 Å². The van der Waals surface area contributed by atoms with E-state index < -0.39 is 5.60 Å². The van der Waals surface area contributed by atoms with Crippen molar-refractivity contribution in [1.29, 1.82) is 0 Å². The minimum absolute atomic E-state index is 0.237. The first-order chi connectivity index (χ1) is 5.99. The summed E-state index contributed by atoms with van der Waals surface area (Å²) in [6.45, 7) is 3.61. The molecular formula is C10H15NO2. The number of hydrogen-bond acceptors (Lipinski definition) is 3. The number of hydrogen-bond donors (Lipinski definition) is 2. The molecule has 3 heteroatoms. The molecule has 0 heterocycles. The molecule has 0 fully saturated rings. The molecule has 0 aromatic heterocycles. The molecule has 0 aliphatic heterocycles. The number of para-hydroxylation sites is 2. The number of ether oxygens (including phenoxy) is 1. The maximum atomic E-state index is 9.40. The van der Waals surface area contributed by atoms with Crippen LogP contribution in [0.2, 0.25) is 0 Å². The van der Waals surface area contributed by atoms with Gasteiger partial charge in [0.2, 0.25) is 0 Å². The first kappa shape index (κ1) is 9.86. The molecule has 3 nitrogen and oxygen atoms in total. The van der Waals surface area contributed by atoms with Crippen molar-refractivity contribution < 1.29 is 9.84 Å². The summed E-state index contributed by atoms with van der Waals surface area (Å²) in [5.74, 6) is 0.615. The Kier molecular flexibility index (Phi) is 2.78. The van der Waals surface area contributed by atoms with Crippen molar-refractivity contribution in [3.05, 3.63) is 24.3 Å². The van der Waals surface area contributed by atoms with Crippen LogP contribution in [0, 0.1) is 0 Å². The summed E-state index contributed by atoms with van der Waals surface area (Å²) in [6, 6.07) is 7.23. The molecule has 0 atom stereocenters. The molecule has 0 saturated carbocycles. The van der Waals surface area contributed by atoms with E-state index >= 15 is 0 Å². The zero-order valence-electron chi connectivity index (χ0n) is 7.95. The van der Waals surface area contributed by atoms with E-state index in [1.165, 1.54) is 0 Å². The van der Waals surface area contributed by atoms with E-state index in [-0.39, 0.29) is 6.61 Å². The van der Waals surface area contributed by atoms with Crippen LogP contribution >= 0.6 is 0 Å². The molecule has 3 N–H and O–H groups in total. The van der Waals surface area contributed by atoms with Gasteiger partial charge in [0.25, 0.3) is 0 Å². The molecule has 0 spiro atoms. The second-order valence-electron chi connectivity index (χ2n) is 3.64. The maximum absolute atomic E-state index is 9.40. The van der Waals surface area contributed by atoms with Crippen molar-refractivity contribution in [2.45, 2.75) is 19.4 Å². The lowest BCUT2D eigenvalue weighted by Gasteiger charge is -2.18. The molecule has 0 aliphatic carbocycles. The van der Waals surface area contributed by atoms with E-state index in [0.29, 0.717) is 11.4 Å². The van der Waals surface area contributed by atoms with Crippen LogP contribution in [0.1, 0.15) is 13.8 Å². The number of benzene rings is 1. The van der Waals surface area contributed by atoms with Crippen molar-refractivity contribution in [2.24, 2.45) is 0 Å². The van der Waals surface area contributed by atoms with Crippen molar-refractivity contribution in [3.8, 4) is 5.75 Å². The van der Waals surface area contributed by atoms with Gasteiger partial charge in [-0.05, 0) is 26.0 Å². The lowest BCUT2D eigenvalue weighted by Crippen LogP contribution is -2.28. The Labute approximate surface area is 78.1 Å². The van der Waals surface area contributed by atoms with Crippen LogP contribution in [-0.4, -0.2) is 17.3 Å². The van der Waals surface area contributed by atoms with Gasteiger partial charge in [-0.2, -0.15) is 0 Å². The monoisotopic (exact) mass is 181 g/mol. The van der Waals surface area contributed by atoms with E-state index in [2.05, 4.69) is 0 Å². The largest absolute Gasteiger partial charge is 0.488 e. The number of nitrogens with two attached hydrogens (primary N) is 1. The van der Waals surface area contributed by atoms with Crippen LogP contribution < -0.4 is 10.5 Å². The normalized spacial score (nSPS) is 11.3. The van der Waals surface area contributed by atoms with Gasteiger partial charge in [-0.15, -0.1) is 0 Å². The molecule has 0 unspecified atom stereocenters. The Balaban J connectivity index is 2.60. The summed E-state index contributed by atoms with van der Waals surface area (Å²) >= 11 is 0. The van der Waals surface area contributed by atoms with Crippen molar-refractivity contribution in [1.82, 2.24) is 0 Å². The number of aliphatic hydroxyl groups is 1. The van der Waals surface area contributed by atoms with E-state index in [9.17, 15) is 5.11 Å². The van der Waals surface area contributed by atoms with Gasteiger partial charge in [-0.1, -0.05) is 12.1 Å². The highest BCUT2D eigenvalue weighted by atomic mass is 16.5. The summed E-state index contributed by atoms with van der Waals surface area (Å²) < 4.78 is 5.33. The highest BCUT2D eigenvalue weighted by Crippen LogP contribution is 2.20. The van der Waals surface area contributed by atoms with Gasteiger partial charge >= 0.3 is 0 Å². The lowest BCUT2D eigenvalue weighted by atomic mass is 10.2. The molecule has 13 heavy (non-hydrogen) atoms. The number of nitrogen functional groups attached to an aromatic ring is 1. The van der Waals surface area contributed by atoms with Crippen LogP contribution in [-0.2, 0) is 0 Å². The summed E-state index contributed by atoms with van der Waals surface area (Å²) in [5, 5.41) is 9.40. The highest BCUT2D eigenvalue weighted by Gasteiger charge is 2.13. The van der Waals surface area contributed by atoms with Crippen molar-refractivity contribution >= 4 is 5.69 Å². The third-order valence-electron chi connectivity index (χ3n) is 1.50. The van der Waals surface area contributed by atoms with Gasteiger partial charge in [0.1, 0.15) is 12.4 Å². The highest BCUT2D eigenvalue weighted by molar-refractivity contribution is 5.51. The number of anilines is 1. The van der Waals surface area contributed by atoms with Gasteiger partial charge < -0.3 is 15.6 Å². The second-order valence-corrected chi connectivity index (χ2v) is 3.64. The van der Waals surface area contributed by atoms with Crippen LogP contribution in [0.3, 0.4) is 0 Å². The predicted octanol–water partition coefficient (Wildman–Crippen LogP) is 1.42. The van der Waals surface area contributed by atoms with E-state index in [4.69, 9.17) is 10.5 Å². The van der Waals surface area contributed by atoms with Crippen LogP contribution in [0.15, 0.2) is 24.3 Å². The molecule has 1 aromatic carbocycles. The minimum Gasteiger partial charge on any atom is -0.488 e. The average Bonchev–Trinajstić information content (AvgIpc) is 2.01. The Morgan fingerprint density at radius 1 is 1.38 bits per heavy atom. The molecule has 1 aromatic rings. The van der Waals surface area contributed by atoms with Crippen molar-refractivity contribution in [3.63, 3.8) is 0 Å². The Hall–Kier alpha value is -1.22. The zero-order valence-corrected chi connectivity index (χ0v) is 7.95. The molecule has 0 bridgehead atoms. The second kappa shape index (κ2) is 3.66. The first-order valence-corrected chi connectivity index (χ1v) is 4.19. The summed E-state index contributed by atoms with van der Waals surface area (Å²) in [7, 11) is 0. The Bertz CT molecular complexity index is 278. The van der Waals surface area contributed by atoms with Gasteiger partial charge in [0.15, 0.2) is 0 Å². The number of rotatable bonds is 3. The lowest BCUT2D eigenvalue weighted by molar-refractivity contribution is 0.0288. The maximum Gasteiger partial charge on any atom is 0.142 e. The topological polar surface area (TPSA) is 55.5 Å². The van der Waals surface area contributed by atoms with Gasteiger partial charge in [0.05, 0.1) is 11.3 Å². The third-order valence-corrected chi connectivity index (χ3v) is 1.50. The van der Waals surface area contributed by atoms with Crippen LogP contribution in [0.5, 0.6) is 5.75 Å². The fraction of sp³-hybridized carbons (Fsp3) is 0.400. The Morgan fingerprint density at radius 3 is 2.54 bits per heavy atom.